The molecule has 102 valence electrons. The van der Waals surface area contributed by atoms with Crippen molar-refractivity contribution >= 4 is 23.6 Å². The van der Waals surface area contributed by atoms with Crippen LogP contribution in [0.25, 0.3) is 6.08 Å². The van der Waals surface area contributed by atoms with Gasteiger partial charge in [-0.25, -0.2) is 0 Å². The minimum absolute atomic E-state index is 0.126. The van der Waals surface area contributed by atoms with Gasteiger partial charge in [0.15, 0.2) is 0 Å². The molecular weight excluding hydrogens is 258 g/mol. The van der Waals surface area contributed by atoms with Crippen LogP contribution in [0.2, 0.25) is 5.02 Å². The van der Waals surface area contributed by atoms with Gasteiger partial charge in [-0.15, -0.1) is 0 Å². The normalized spacial score (nSPS) is 19.9. The average Bonchev–Trinajstić information content (AvgIpc) is 2.46. The monoisotopic (exact) mass is 277 g/mol. The maximum atomic E-state index is 12.2. The van der Waals surface area contributed by atoms with Crippen LogP contribution in [0.15, 0.2) is 30.3 Å². The lowest BCUT2D eigenvalue weighted by atomic mass is 10.00. The molecule has 0 bridgehead atoms. The molecule has 1 aliphatic heterocycles. The van der Waals surface area contributed by atoms with Gasteiger partial charge in [-0.1, -0.05) is 30.7 Å². The van der Waals surface area contributed by atoms with E-state index < -0.39 is 0 Å². The summed E-state index contributed by atoms with van der Waals surface area (Å²) in [7, 11) is 0. The molecule has 0 aliphatic carbocycles. The Kier molecular flexibility index (Phi) is 5.03. The fourth-order valence-corrected chi connectivity index (χ4v) is 2.68. The summed E-state index contributed by atoms with van der Waals surface area (Å²) in [5.74, 6) is 0.126. The molecule has 1 aromatic rings. The van der Waals surface area contributed by atoms with Gasteiger partial charge in [-0.05, 0) is 49.5 Å². The molecule has 3 heteroatoms. The van der Waals surface area contributed by atoms with Gasteiger partial charge in [0.25, 0.3) is 0 Å². The highest BCUT2D eigenvalue weighted by Crippen LogP contribution is 2.20. The highest BCUT2D eigenvalue weighted by molar-refractivity contribution is 6.30. The second kappa shape index (κ2) is 6.76. The van der Waals surface area contributed by atoms with Crippen LogP contribution < -0.4 is 0 Å². The number of amides is 1. The van der Waals surface area contributed by atoms with Crippen molar-refractivity contribution < 1.29 is 4.79 Å². The van der Waals surface area contributed by atoms with E-state index in [9.17, 15) is 4.79 Å². The second-order valence-corrected chi connectivity index (χ2v) is 5.41. The minimum Gasteiger partial charge on any atom is -0.336 e. The number of nitrogens with zero attached hydrogens (tertiary/aromatic N) is 1. The number of rotatable bonds is 3. The van der Waals surface area contributed by atoms with Crippen molar-refractivity contribution in [2.45, 2.75) is 38.6 Å². The van der Waals surface area contributed by atoms with Crippen molar-refractivity contribution in [2.75, 3.05) is 6.54 Å². The van der Waals surface area contributed by atoms with Crippen molar-refractivity contribution in [2.24, 2.45) is 0 Å². The first kappa shape index (κ1) is 14.1. The summed E-state index contributed by atoms with van der Waals surface area (Å²) < 4.78 is 0. The lowest BCUT2D eigenvalue weighted by molar-refractivity contribution is -0.129. The largest absolute Gasteiger partial charge is 0.336 e. The molecule has 0 saturated carbocycles. The Bertz CT molecular complexity index is 452. The predicted molar refractivity (Wildman–Crippen MR) is 80.1 cm³/mol. The maximum Gasteiger partial charge on any atom is 0.246 e. The quantitative estimate of drug-likeness (QED) is 0.760. The van der Waals surface area contributed by atoms with E-state index in [0.29, 0.717) is 11.1 Å². The van der Waals surface area contributed by atoms with E-state index in [-0.39, 0.29) is 5.91 Å². The van der Waals surface area contributed by atoms with Crippen molar-refractivity contribution in [3.05, 3.63) is 40.9 Å². The van der Waals surface area contributed by atoms with Crippen LogP contribution in [0.3, 0.4) is 0 Å². The molecule has 2 rings (SSSR count). The van der Waals surface area contributed by atoms with Crippen LogP contribution >= 0.6 is 11.6 Å². The van der Waals surface area contributed by atoms with Gasteiger partial charge in [0.05, 0.1) is 0 Å². The molecule has 0 spiro atoms. The van der Waals surface area contributed by atoms with E-state index in [1.54, 1.807) is 6.08 Å². The summed E-state index contributed by atoms with van der Waals surface area (Å²) >= 11 is 5.83. The van der Waals surface area contributed by atoms with E-state index >= 15 is 0 Å². The third kappa shape index (κ3) is 3.84. The van der Waals surface area contributed by atoms with Gasteiger partial charge in [-0.3, -0.25) is 4.79 Å². The molecule has 1 amide bonds. The Labute approximate surface area is 120 Å². The van der Waals surface area contributed by atoms with Gasteiger partial charge >= 0.3 is 0 Å². The van der Waals surface area contributed by atoms with Gasteiger partial charge < -0.3 is 4.90 Å². The van der Waals surface area contributed by atoms with Gasteiger partial charge in [0.1, 0.15) is 0 Å². The average molecular weight is 278 g/mol. The number of carbonyl (C=O) groups is 1. The first-order valence-electron chi connectivity index (χ1n) is 6.95. The van der Waals surface area contributed by atoms with Gasteiger partial charge in [-0.2, -0.15) is 0 Å². The number of piperidine rings is 1. The third-order valence-corrected chi connectivity index (χ3v) is 3.92. The fourth-order valence-electron chi connectivity index (χ4n) is 2.55. The van der Waals surface area contributed by atoms with Crippen LogP contribution in [0.5, 0.6) is 0 Å². The van der Waals surface area contributed by atoms with Crippen LogP contribution in [-0.2, 0) is 4.79 Å². The summed E-state index contributed by atoms with van der Waals surface area (Å²) in [4.78, 5) is 14.2. The molecule has 1 heterocycles. The lowest BCUT2D eigenvalue weighted by Gasteiger charge is -2.34. The molecule has 1 unspecified atom stereocenters. The summed E-state index contributed by atoms with van der Waals surface area (Å²) in [5.41, 5.74) is 1.00. The maximum absolute atomic E-state index is 12.2. The summed E-state index contributed by atoms with van der Waals surface area (Å²) in [6, 6.07) is 7.92. The minimum atomic E-state index is 0.126. The first-order chi connectivity index (χ1) is 9.20. The standard InChI is InChI=1S/C16H20ClNO/c1-2-15-5-3-4-12-18(15)16(19)11-8-13-6-9-14(17)10-7-13/h6-11,15H,2-5,12H2,1H3/b11-8+. The molecule has 19 heavy (non-hydrogen) atoms. The van der Waals surface area contributed by atoms with E-state index in [1.807, 2.05) is 35.2 Å². The number of likely N-dealkylation sites (tertiary alicyclic amines) is 1. The summed E-state index contributed by atoms with van der Waals surface area (Å²) in [5, 5.41) is 0.713. The van der Waals surface area contributed by atoms with E-state index in [0.717, 1.165) is 31.4 Å². The molecule has 1 saturated heterocycles. The van der Waals surface area contributed by atoms with Crippen molar-refractivity contribution in [3.8, 4) is 0 Å². The van der Waals surface area contributed by atoms with Crippen LogP contribution in [-0.4, -0.2) is 23.4 Å². The van der Waals surface area contributed by atoms with Crippen molar-refractivity contribution in [1.82, 2.24) is 4.90 Å². The molecule has 1 atom stereocenters. The number of halogens is 1. The van der Waals surface area contributed by atoms with E-state index in [2.05, 4.69) is 6.92 Å². The number of hydrogen-bond donors (Lipinski definition) is 0. The Morgan fingerprint density at radius 2 is 2.11 bits per heavy atom. The number of carbonyl (C=O) groups excluding carboxylic acids is 1. The Hall–Kier alpha value is -1.28. The topological polar surface area (TPSA) is 20.3 Å². The zero-order valence-corrected chi connectivity index (χ0v) is 12.1. The van der Waals surface area contributed by atoms with Crippen molar-refractivity contribution in [3.63, 3.8) is 0 Å². The second-order valence-electron chi connectivity index (χ2n) is 4.97. The molecular formula is C16H20ClNO. The van der Waals surface area contributed by atoms with Gasteiger partial charge in [0.2, 0.25) is 5.91 Å². The smallest absolute Gasteiger partial charge is 0.246 e. The Morgan fingerprint density at radius 1 is 1.37 bits per heavy atom. The highest BCUT2D eigenvalue weighted by atomic mass is 35.5. The lowest BCUT2D eigenvalue weighted by Crippen LogP contribution is -2.42. The zero-order chi connectivity index (χ0) is 13.7. The molecule has 0 radical (unpaired) electrons. The van der Waals surface area contributed by atoms with E-state index in [1.165, 1.54) is 6.42 Å². The van der Waals surface area contributed by atoms with Crippen LogP contribution in [0.4, 0.5) is 0 Å². The fraction of sp³-hybridized carbons (Fsp3) is 0.438. The number of benzene rings is 1. The summed E-state index contributed by atoms with van der Waals surface area (Å²) in [6.45, 7) is 3.04. The Balaban J connectivity index is 2.01. The molecule has 0 aromatic heterocycles. The highest BCUT2D eigenvalue weighted by Gasteiger charge is 2.23. The molecule has 2 nitrogen and oxygen atoms in total. The molecule has 1 fully saturated rings. The predicted octanol–water partition coefficient (Wildman–Crippen LogP) is 4.14. The van der Waals surface area contributed by atoms with Gasteiger partial charge in [0, 0.05) is 23.7 Å². The van der Waals surface area contributed by atoms with Crippen LogP contribution in [0, 0.1) is 0 Å². The molecule has 1 aromatic carbocycles. The molecule has 0 N–H and O–H groups in total. The zero-order valence-electron chi connectivity index (χ0n) is 11.3. The Morgan fingerprint density at radius 3 is 2.79 bits per heavy atom. The third-order valence-electron chi connectivity index (χ3n) is 3.67. The summed E-state index contributed by atoms with van der Waals surface area (Å²) in [6.07, 6.45) is 8.08. The SMILES string of the molecule is CCC1CCCCN1C(=O)/C=C/c1ccc(Cl)cc1. The number of hydrogen-bond acceptors (Lipinski definition) is 1. The molecule has 1 aliphatic rings. The first-order valence-corrected chi connectivity index (χ1v) is 7.32. The van der Waals surface area contributed by atoms with E-state index in [4.69, 9.17) is 11.6 Å². The van der Waals surface area contributed by atoms with Crippen LogP contribution in [0.1, 0.15) is 38.2 Å². The van der Waals surface area contributed by atoms with Crippen molar-refractivity contribution in [1.29, 1.82) is 0 Å².